The molecule has 118 valence electrons. The average molecular weight is 281 g/mol. The highest BCUT2D eigenvalue weighted by Crippen LogP contribution is 2.35. The van der Waals surface area contributed by atoms with Crippen LogP contribution in [0.2, 0.25) is 0 Å². The van der Waals surface area contributed by atoms with Crippen LogP contribution in [0.25, 0.3) is 0 Å². The lowest BCUT2D eigenvalue weighted by atomic mass is 9.75. The van der Waals surface area contributed by atoms with E-state index in [2.05, 4.69) is 38.2 Å². The largest absolute Gasteiger partial charge is 0.315 e. The number of hydrogen-bond acceptors (Lipinski definition) is 2. The monoisotopic (exact) mass is 280 g/mol. The summed E-state index contributed by atoms with van der Waals surface area (Å²) in [5, 5.41) is 3.85. The maximum atomic E-state index is 3.85. The van der Waals surface area contributed by atoms with Crippen LogP contribution in [0.3, 0.4) is 0 Å². The van der Waals surface area contributed by atoms with Gasteiger partial charge in [0.25, 0.3) is 0 Å². The minimum atomic E-state index is 0.415. The second-order valence-electron chi connectivity index (χ2n) is 8.09. The third-order valence-corrected chi connectivity index (χ3v) is 5.95. The Bertz CT molecular complexity index is 289. The van der Waals surface area contributed by atoms with E-state index in [9.17, 15) is 0 Å². The second-order valence-corrected chi connectivity index (χ2v) is 8.09. The molecular weight excluding hydrogens is 244 g/mol. The number of nitrogens with one attached hydrogen (secondary N) is 1. The van der Waals surface area contributed by atoms with Gasteiger partial charge in [0, 0.05) is 12.1 Å². The van der Waals surface area contributed by atoms with E-state index in [1.807, 2.05) is 0 Å². The quantitative estimate of drug-likeness (QED) is 0.821. The number of likely N-dealkylation sites (N-methyl/N-ethyl adjacent to an activating group) is 1. The summed E-state index contributed by atoms with van der Waals surface area (Å²) in [7, 11) is 4.56. The fraction of sp³-hybridized carbons (Fsp3) is 1.00. The van der Waals surface area contributed by atoms with E-state index >= 15 is 0 Å². The van der Waals surface area contributed by atoms with E-state index in [4.69, 9.17) is 0 Å². The predicted octanol–water partition coefficient (Wildman–Crippen LogP) is 3.91. The maximum absolute atomic E-state index is 3.85. The van der Waals surface area contributed by atoms with Crippen LogP contribution in [0.5, 0.6) is 0 Å². The molecule has 1 N–H and O–H groups in total. The SMILES string of the molecule is CC1CCCC(CNCC2(N(C)C)CCCC(C)C2)C1. The Morgan fingerprint density at radius 1 is 1.05 bits per heavy atom. The molecule has 4 atom stereocenters. The van der Waals surface area contributed by atoms with Crippen molar-refractivity contribution in [1.82, 2.24) is 10.2 Å². The maximum Gasteiger partial charge on any atom is 0.0330 e. The number of nitrogens with zero attached hydrogens (tertiary/aromatic N) is 1. The van der Waals surface area contributed by atoms with E-state index < -0.39 is 0 Å². The number of rotatable bonds is 5. The van der Waals surface area contributed by atoms with E-state index in [1.165, 1.54) is 64.5 Å². The van der Waals surface area contributed by atoms with Gasteiger partial charge in [-0.1, -0.05) is 39.5 Å². The van der Waals surface area contributed by atoms with Gasteiger partial charge in [0.15, 0.2) is 0 Å². The molecule has 0 radical (unpaired) electrons. The summed E-state index contributed by atoms with van der Waals surface area (Å²) in [6.45, 7) is 7.29. The summed E-state index contributed by atoms with van der Waals surface area (Å²) in [5.74, 6) is 2.77. The van der Waals surface area contributed by atoms with Crippen molar-refractivity contribution in [3.05, 3.63) is 0 Å². The smallest absolute Gasteiger partial charge is 0.0330 e. The van der Waals surface area contributed by atoms with Gasteiger partial charge in [-0.3, -0.25) is 0 Å². The van der Waals surface area contributed by atoms with Crippen LogP contribution in [-0.4, -0.2) is 37.6 Å². The van der Waals surface area contributed by atoms with Crippen LogP contribution in [0.1, 0.15) is 65.2 Å². The van der Waals surface area contributed by atoms with Crippen LogP contribution in [0.15, 0.2) is 0 Å². The van der Waals surface area contributed by atoms with Crippen molar-refractivity contribution < 1.29 is 0 Å². The molecule has 20 heavy (non-hydrogen) atoms. The molecule has 2 saturated carbocycles. The molecule has 2 heteroatoms. The van der Waals surface area contributed by atoms with Crippen molar-refractivity contribution >= 4 is 0 Å². The molecule has 4 unspecified atom stereocenters. The summed E-state index contributed by atoms with van der Waals surface area (Å²) in [6.07, 6.45) is 11.4. The Hall–Kier alpha value is -0.0800. The molecule has 2 aliphatic rings. The third-order valence-electron chi connectivity index (χ3n) is 5.95. The zero-order chi connectivity index (χ0) is 14.6. The van der Waals surface area contributed by atoms with Gasteiger partial charge in [0.1, 0.15) is 0 Å². The average Bonchev–Trinajstić information content (AvgIpc) is 2.38. The van der Waals surface area contributed by atoms with Crippen LogP contribution in [0.4, 0.5) is 0 Å². The molecule has 2 fully saturated rings. The number of hydrogen-bond donors (Lipinski definition) is 1. The highest BCUT2D eigenvalue weighted by Gasteiger charge is 2.36. The standard InChI is InChI=1S/C18H36N2/c1-15-7-5-9-17(11-15)13-19-14-18(20(3)4)10-6-8-16(2)12-18/h15-17,19H,5-14H2,1-4H3. The van der Waals surface area contributed by atoms with Crippen LogP contribution in [-0.2, 0) is 0 Å². The van der Waals surface area contributed by atoms with E-state index in [0.29, 0.717) is 5.54 Å². The van der Waals surface area contributed by atoms with Gasteiger partial charge < -0.3 is 10.2 Å². The third kappa shape index (κ3) is 4.21. The van der Waals surface area contributed by atoms with Gasteiger partial charge in [0.2, 0.25) is 0 Å². The highest BCUT2D eigenvalue weighted by atomic mass is 15.2. The minimum Gasteiger partial charge on any atom is -0.315 e. The first-order valence-corrected chi connectivity index (χ1v) is 8.90. The lowest BCUT2D eigenvalue weighted by Crippen LogP contribution is -2.54. The minimum absolute atomic E-state index is 0.415. The topological polar surface area (TPSA) is 15.3 Å². The molecule has 2 rings (SSSR count). The van der Waals surface area contributed by atoms with Gasteiger partial charge in [-0.05, 0) is 64.1 Å². The molecule has 0 saturated heterocycles. The molecule has 0 aromatic carbocycles. The van der Waals surface area contributed by atoms with Crippen LogP contribution in [0, 0.1) is 17.8 Å². The highest BCUT2D eigenvalue weighted by molar-refractivity contribution is 4.94. The molecule has 2 nitrogen and oxygen atoms in total. The van der Waals surface area contributed by atoms with Gasteiger partial charge in [0.05, 0.1) is 0 Å². The van der Waals surface area contributed by atoms with Crippen molar-refractivity contribution in [2.45, 2.75) is 70.8 Å². The van der Waals surface area contributed by atoms with Gasteiger partial charge in [-0.2, -0.15) is 0 Å². The van der Waals surface area contributed by atoms with Crippen molar-refractivity contribution in [3.8, 4) is 0 Å². The Morgan fingerprint density at radius 3 is 2.45 bits per heavy atom. The summed E-state index contributed by atoms with van der Waals surface area (Å²) in [4.78, 5) is 2.50. The lowest BCUT2D eigenvalue weighted by Gasteiger charge is -2.45. The first-order valence-electron chi connectivity index (χ1n) is 8.90. The summed E-state index contributed by atoms with van der Waals surface area (Å²) in [6, 6.07) is 0. The van der Waals surface area contributed by atoms with Crippen molar-refractivity contribution in [1.29, 1.82) is 0 Å². The molecule has 0 heterocycles. The Balaban J connectivity index is 1.80. The predicted molar refractivity (Wildman–Crippen MR) is 88.0 cm³/mol. The van der Waals surface area contributed by atoms with E-state index in [0.717, 1.165) is 17.8 Å². The van der Waals surface area contributed by atoms with Crippen LogP contribution < -0.4 is 5.32 Å². The molecule has 2 aliphatic carbocycles. The Kier molecular flexibility index (Phi) is 5.92. The molecule has 0 amide bonds. The zero-order valence-electron chi connectivity index (χ0n) is 14.3. The van der Waals surface area contributed by atoms with E-state index in [1.54, 1.807) is 0 Å². The van der Waals surface area contributed by atoms with Crippen molar-refractivity contribution in [3.63, 3.8) is 0 Å². The first kappa shape index (κ1) is 16.3. The van der Waals surface area contributed by atoms with Gasteiger partial charge in [-0.25, -0.2) is 0 Å². The summed E-state index contributed by atoms with van der Waals surface area (Å²) >= 11 is 0. The summed E-state index contributed by atoms with van der Waals surface area (Å²) < 4.78 is 0. The molecule has 0 spiro atoms. The fourth-order valence-corrected chi connectivity index (χ4v) is 4.61. The lowest BCUT2D eigenvalue weighted by molar-refractivity contribution is 0.0733. The van der Waals surface area contributed by atoms with Gasteiger partial charge in [-0.15, -0.1) is 0 Å². The fourth-order valence-electron chi connectivity index (χ4n) is 4.61. The van der Waals surface area contributed by atoms with Crippen molar-refractivity contribution in [2.75, 3.05) is 27.2 Å². The van der Waals surface area contributed by atoms with Gasteiger partial charge >= 0.3 is 0 Å². The normalized spacial score (nSPS) is 39.1. The second kappa shape index (κ2) is 7.26. The molecular formula is C18H36N2. The Labute approximate surface area is 126 Å². The molecule has 0 aromatic heterocycles. The van der Waals surface area contributed by atoms with E-state index in [-0.39, 0.29) is 0 Å². The molecule has 0 aromatic rings. The first-order chi connectivity index (χ1) is 9.52. The molecule has 0 aliphatic heterocycles. The summed E-state index contributed by atoms with van der Waals surface area (Å²) in [5.41, 5.74) is 0.415. The Morgan fingerprint density at radius 2 is 1.80 bits per heavy atom. The zero-order valence-corrected chi connectivity index (χ0v) is 14.3. The molecule has 0 bridgehead atoms. The van der Waals surface area contributed by atoms with Crippen LogP contribution >= 0.6 is 0 Å². The van der Waals surface area contributed by atoms with Crippen molar-refractivity contribution in [2.24, 2.45) is 17.8 Å².